The Bertz CT molecular complexity index is 741. The number of nitrogens with one attached hydrogen (secondary N) is 1. The van der Waals surface area contributed by atoms with Gasteiger partial charge in [-0.1, -0.05) is 12.1 Å². The van der Waals surface area contributed by atoms with Crippen molar-refractivity contribution in [1.82, 2.24) is 0 Å². The standard InChI is InChI=1S/C13H10INO4S/c14-11-3-1-2-4-12(11)20(18,19)15-10-7-5-9(6-8-10)13(16)17/h1-8,15H,(H,16,17). The third kappa shape index (κ3) is 3.28. The molecule has 0 heterocycles. The Morgan fingerprint density at radius 3 is 2.20 bits per heavy atom. The lowest BCUT2D eigenvalue weighted by Crippen LogP contribution is -2.14. The summed E-state index contributed by atoms with van der Waals surface area (Å²) in [6.45, 7) is 0. The summed E-state index contributed by atoms with van der Waals surface area (Å²) in [7, 11) is -3.68. The van der Waals surface area contributed by atoms with Gasteiger partial charge in [-0.3, -0.25) is 4.72 Å². The number of aromatic carboxylic acids is 1. The lowest BCUT2D eigenvalue weighted by molar-refractivity contribution is 0.0697. The van der Waals surface area contributed by atoms with Crippen molar-refractivity contribution < 1.29 is 18.3 Å². The van der Waals surface area contributed by atoms with Gasteiger partial charge in [0.1, 0.15) is 4.90 Å². The summed E-state index contributed by atoms with van der Waals surface area (Å²) >= 11 is 1.95. The fourth-order valence-electron chi connectivity index (χ4n) is 1.55. The molecule has 2 N–H and O–H groups in total. The molecule has 2 aromatic rings. The van der Waals surface area contributed by atoms with Crippen LogP contribution in [0.3, 0.4) is 0 Å². The van der Waals surface area contributed by atoms with Gasteiger partial charge in [0, 0.05) is 9.26 Å². The second-order valence-electron chi connectivity index (χ2n) is 3.92. The molecular formula is C13H10INO4S. The van der Waals surface area contributed by atoms with Crippen LogP contribution in [0.25, 0.3) is 0 Å². The van der Waals surface area contributed by atoms with E-state index in [-0.39, 0.29) is 10.5 Å². The number of hydrogen-bond acceptors (Lipinski definition) is 3. The van der Waals surface area contributed by atoms with Gasteiger partial charge >= 0.3 is 5.97 Å². The van der Waals surface area contributed by atoms with E-state index in [2.05, 4.69) is 4.72 Å². The van der Waals surface area contributed by atoms with Crippen LogP contribution in [0, 0.1) is 3.57 Å². The molecule has 0 aromatic heterocycles. The molecule has 7 heteroatoms. The largest absolute Gasteiger partial charge is 0.478 e. The molecular weight excluding hydrogens is 393 g/mol. The van der Waals surface area contributed by atoms with Crippen molar-refractivity contribution in [3.05, 3.63) is 57.7 Å². The van der Waals surface area contributed by atoms with Crippen LogP contribution in [0.5, 0.6) is 0 Å². The highest BCUT2D eigenvalue weighted by molar-refractivity contribution is 14.1. The Kier molecular flexibility index (Phi) is 4.29. The molecule has 0 aliphatic heterocycles. The Balaban J connectivity index is 2.29. The number of carboxylic acids is 1. The van der Waals surface area contributed by atoms with E-state index in [9.17, 15) is 13.2 Å². The van der Waals surface area contributed by atoms with E-state index >= 15 is 0 Å². The van der Waals surface area contributed by atoms with Crippen LogP contribution < -0.4 is 4.72 Å². The van der Waals surface area contributed by atoms with E-state index < -0.39 is 16.0 Å². The van der Waals surface area contributed by atoms with Gasteiger partial charge in [0.2, 0.25) is 0 Å². The van der Waals surface area contributed by atoms with Crippen molar-refractivity contribution in [3.8, 4) is 0 Å². The molecule has 0 atom stereocenters. The van der Waals surface area contributed by atoms with Crippen LogP contribution in [0.1, 0.15) is 10.4 Å². The zero-order valence-electron chi connectivity index (χ0n) is 10.1. The predicted octanol–water partition coefficient (Wildman–Crippen LogP) is 2.79. The van der Waals surface area contributed by atoms with Gasteiger partial charge in [-0.25, -0.2) is 13.2 Å². The quantitative estimate of drug-likeness (QED) is 0.770. The SMILES string of the molecule is O=C(O)c1ccc(NS(=O)(=O)c2ccccc2I)cc1. The van der Waals surface area contributed by atoms with Gasteiger partial charge in [-0.05, 0) is 59.0 Å². The van der Waals surface area contributed by atoms with Crippen LogP contribution >= 0.6 is 22.6 Å². The molecule has 2 aromatic carbocycles. The molecule has 0 spiro atoms. The lowest BCUT2D eigenvalue weighted by atomic mass is 10.2. The van der Waals surface area contributed by atoms with Crippen molar-refractivity contribution in [2.75, 3.05) is 4.72 Å². The zero-order valence-corrected chi connectivity index (χ0v) is 13.1. The molecule has 0 aliphatic carbocycles. The van der Waals surface area contributed by atoms with Crippen LogP contribution in [0.4, 0.5) is 5.69 Å². The molecule has 0 amide bonds. The van der Waals surface area contributed by atoms with E-state index in [1.165, 1.54) is 30.3 Å². The molecule has 0 aliphatic rings. The Morgan fingerprint density at radius 2 is 1.65 bits per heavy atom. The second kappa shape index (κ2) is 5.80. The van der Waals surface area contributed by atoms with Crippen molar-refractivity contribution in [1.29, 1.82) is 0 Å². The second-order valence-corrected chi connectivity index (χ2v) is 6.73. The summed E-state index contributed by atoms with van der Waals surface area (Å²) in [6.07, 6.45) is 0. The van der Waals surface area contributed by atoms with Crippen molar-refractivity contribution in [2.24, 2.45) is 0 Å². The lowest BCUT2D eigenvalue weighted by Gasteiger charge is -2.09. The van der Waals surface area contributed by atoms with Gasteiger partial charge in [-0.15, -0.1) is 0 Å². The smallest absolute Gasteiger partial charge is 0.335 e. The third-order valence-corrected chi connectivity index (χ3v) is 5.26. The minimum absolute atomic E-state index is 0.0993. The maximum absolute atomic E-state index is 12.2. The van der Waals surface area contributed by atoms with Crippen LogP contribution in [0.15, 0.2) is 53.4 Å². The summed E-state index contributed by atoms with van der Waals surface area (Å²) in [5, 5.41) is 8.78. The van der Waals surface area contributed by atoms with Crippen molar-refractivity contribution >= 4 is 44.3 Å². The van der Waals surface area contributed by atoms with Crippen molar-refractivity contribution in [2.45, 2.75) is 4.90 Å². The Hall–Kier alpha value is -1.61. The topological polar surface area (TPSA) is 83.5 Å². The number of hydrogen-bond donors (Lipinski definition) is 2. The average Bonchev–Trinajstić information content (AvgIpc) is 2.39. The Morgan fingerprint density at radius 1 is 1.05 bits per heavy atom. The highest BCUT2D eigenvalue weighted by Crippen LogP contribution is 2.21. The number of benzene rings is 2. The molecule has 5 nitrogen and oxygen atoms in total. The first-order chi connectivity index (χ1) is 9.40. The highest BCUT2D eigenvalue weighted by Gasteiger charge is 2.17. The Labute approximate surface area is 129 Å². The summed E-state index contributed by atoms with van der Waals surface area (Å²) in [4.78, 5) is 10.9. The van der Waals surface area contributed by atoms with Crippen LogP contribution in [0.2, 0.25) is 0 Å². The number of rotatable bonds is 4. The number of carboxylic acid groups (broad SMARTS) is 1. The normalized spacial score (nSPS) is 11.1. The summed E-state index contributed by atoms with van der Waals surface area (Å²) in [6, 6.07) is 12.1. The van der Waals surface area contributed by atoms with Gasteiger partial charge in [0.25, 0.3) is 10.0 Å². The summed E-state index contributed by atoms with van der Waals surface area (Å²) in [5.74, 6) is -1.06. The molecule has 0 unspecified atom stereocenters. The molecule has 0 bridgehead atoms. The number of carbonyl (C=O) groups is 1. The van der Waals surface area contributed by atoms with E-state index in [1.54, 1.807) is 18.2 Å². The first-order valence-electron chi connectivity index (χ1n) is 5.51. The fraction of sp³-hybridized carbons (Fsp3) is 0. The van der Waals surface area contributed by atoms with Gasteiger partial charge in [0.05, 0.1) is 5.56 Å². The molecule has 0 fully saturated rings. The first-order valence-corrected chi connectivity index (χ1v) is 8.07. The zero-order chi connectivity index (χ0) is 14.8. The van der Waals surface area contributed by atoms with Gasteiger partial charge in [0.15, 0.2) is 0 Å². The third-order valence-electron chi connectivity index (χ3n) is 2.51. The highest BCUT2D eigenvalue weighted by atomic mass is 127. The minimum Gasteiger partial charge on any atom is -0.478 e. The van der Waals surface area contributed by atoms with Crippen molar-refractivity contribution in [3.63, 3.8) is 0 Å². The van der Waals surface area contributed by atoms with Crippen LogP contribution in [-0.4, -0.2) is 19.5 Å². The number of anilines is 1. The number of sulfonamides is 1. The molecule has 0 saturated carbocycles. The van der Waals surface area contributed by atoms with E-state index in [0.717, 1.165) is 0 Å². The maximum Gasteiger partial charge on any atom is 0.335 e. The summed E-state index contributed by atoms with van der Waals surface area (Å²) in [5.41, 5.74) is 0.414. The van der Waals surface area contributed by atoms with E-state index in [1.807, 2.05) is 22.6 Å². The predicted molar refractivity (Wildman–Crippen MR) is 83.4 cm³/mol. The van der Waals surface area contributed by atoms with Gasteiger partial charge in [-0.2, -0.15) is 0 Å². The van der Waals surface area contributed by atoms with E-state index in [4.69, 9.17) is 5.11 Å². The monoisotopic (exact) mass is 403 g/mol. The maximum atomic E-state index is 12.2. The molecule has 2 rings (SSSR count). The fourth-order valence-corrected chi connectivity index (χ4v) is 3.95. The minimum atomic E-state index is -3.68. The van der Waals surface area contributed by atoms with E-state index in [0.29, 0.717) is 9.26 Å². The summed E-state index contributed by atoms with van der Waals surface area (Å²) < 4.78 is 27.4. The molecule has 104 valence electrons. The molecule has 20 heavy (non-hydrogen) atoms. The number of halogens is 1. The van der Waals surface area contributed by atoms with Gasteiger partial charge < -0.3 is 5.11 Å². The molecule has 0 saturated heterocycles. The first kappa shape index (κ1) is 14.8. The molecule has 0 radical (unpaired) electrons. The van der Waals surface area contributed by atoms with Crippen LogP contribution in [-0.2, 0) is 10.0 Å². The average molecular weight is 403 g/mol.